The molecule has 2 atom stereocenters. The van der Waals surface area contributed by atoms with E-state index in [9.17, 15) is 18.0 Å². The highest BCUT2D eigenvalue weighted by molar-refractivity contribution is 7.89. The van der Waals surface area contributed by atoms with Crippen LogP contribution in [0.4, 0.5) is 0 Å². The molecule has 1 aliphatic rings. The summed E-state index contributed by atoms with van der Waals surface area (Å²) in [4.78, 5) is 24.7. The molecule has 0 aromatic carbocycles. The van der Waals surface area contributed by atoms with Gasteiger partial charge in [0.1, 0.15) is 16.1 Å². The number of hydrogen-bond acceptors (Lipinski definition) is 7. The van der Waals surface area contributed by atoms with E-state index in [-0.39, 0.29) is 23.1 Å². The summed E-state index contributed by atoms with van der Waals surface area (Å²) in [7, 11) is -2.55. The van der Waals surface area contributed by atoms with Crippen molar-refractivity contribution in [1.82, 2.24) is 14.8 Å². The van der Waals surface area contributed by atoms with Crippen molar-refractivity contribution in [3.63, 3.8) is 0 Å². The van der Waals surface area contributed by atoms with Crippen LogP contribution in [0.1, 0.15) is 44.6 Å². The zero-order chi connectivity index (χ0) is 20.4. The molecule has 1 aromatic rings. The molecule has 0 radical (unpaired) electrons. The van der Waals surface area contributed by atoms with Crippen LogP contribution in [0.15, 0.2) is 9.42 Å². The number of hydrogen-bond donors (Lipinski definition) is 1. The van der Waals surface area contributed by atoms with Crippen molar-refractivity contribution in [2.75, 3.05) is 20.2 Å². The number of sulfonamides is 1. The third kappa shape index (κ3) is 4.16. The number of aryl methyl sites for hydroxylation is 2. The standard InChI is InChI=1S/C17H27N3O6S/c1-6-17(4,16(22)25-5)18-15(21)13-8-7-9-20(10-13)27(23,24)14-11(2)19-26-12(14)3/h13H,6-10H2,1-5H3,(H,18,21). The summed E-state index contributed by atoms with van der Waals surface area (Å²) in [5, 5.41) is 6.44. The van der Waals surface area contributed by atoms with E-state index < -0.39 is 27.4 Å². The molecule has 2 rings (SSSR count). The number of piperidine rings is 1. The minimum Gasteiger partial charge on any atom is -0.467 e. The van der Waals surface area contributed by atoms with Gasteiger partial charge in [-0.15, -0.1) is 0 Å². The van der Waals surface area contributed by atoms with E-state index in [4.69, 9.17) is 9.26 Å². The van der Waals surface area contributed by atoms with Crippen LogP contribution in [-0.2, 0) is 24.3 Å². The van der Waals surface area contributed by atoms with E-state index in [2.05, 4.69) is 10.5 Å². The number of rotatable bonds is 6. The van der Waals surface area contributed by atoms with Crippen LogP contribution < -0.4 is 5.32 Å². The van der Waals surface area contributed by atoms with Gasteiger partial charge in [0.05, 0.1) is 13.0 Å². The van der Waals surface area contributed by atoms with Gasteiger partial charge in [0.15, 0.2) is 5.76 Å². The molecular formula is C17H27N3O6S. The van der Waals surface area contributed by atoms with Crippen LogP contribution in [0.2, 0.25) is 0 Å². The number of methoxy groups -OCH3 is 1. The fraction of sp³-hybridized carbons (Fsp3) is 0.706. The molecule has 0 aliphatic carbocycles. The molecule has 1 aliphatic heterocycles. The topological polar surface area (TPSA) is 119 Å². The predicted octanol–water partition coefficient (Wildman–Crippen LogP) is 1.15. The van der Waals surface area contributed by atoms with Crippen LogP contribution >= 0.6 is 0 Å². The fourth-order valence-corrected chi connectivity index (χ4v) is 5.04. The lowest BCUT2D eigenvalue weighted by atomic mass is 9.94. The van der Waals surface area contributed by atoms with E-state index in [1.165, 1.54) is 11.4 Å². The normalized spacial score (nSPS) is 20.7. The Morgan fingerprint density at radius 2 is 2.07 bits per heavy atom. The Labute approximate surface area is 159 Å². The highest BCUT2D eigenvalue weighted by Gasteiger charge is 2.40. The minimum atomic E-state index is -3.81. The van der Waals surface area contributed by atoms with E-state index in [1.807, 2.05) is 0 Å². The van der Waals surface area contributed by atoms with Crippen LogP contribution in [0, 0.1) is 19.8 Å². The second kappa shape index (κ2) is 7.97. The Hall–Kier alpha value is -1.94. The van der Waals surface area contributed by atoms with Crippen molar-refractivity contribution in [3.8, 4) is 0 Å². The van der Waals surface area contributed by atoms with Crippen molar-refractivity contribution < 1.29 is 27.3 Å². The summed E-state index contributed by atoms with van der Waals surface area (Å²) < 4.78 is 37.0. The van der Waals surface area contributed by atoms with Crippen molar-refractivity contribution in [3.05, 3.63) is 11.5 Å². The molecule has 10 heteroatoms. The molecule has 1 aromatic heterocycles. The average Bonchev–Trinajstić information content (AvgIpc) is 2.99. The average molecular weight is 401 g/mol. The van der Waals surface area contributed by atoms with Gasteiger partial charge in [-0.05, 0) is 40.0 Å². The smallest absolute Gasteiger partial charge is 0.331 e. The highest BCUT2D eigenvalue weighted by atomic mass is 32.2. The van der Waals surface area contributed by atoms with Gasteiger partial charge in [-0.2, -0.15) is 4.31 Å². The minimum absolute atomic E-state index is 0.0409. The van der Waals surface area contributed by atoms with Gasteiger partial charge in [-0.1, -0.05) is 12.1 Å². The third-order valence-corrected chi connectivity index (χ3v) is 7.17. The van der Waals surface area contributed by atoms with Crippen molar-refractivity contribution in [2.45, 2.75) is 57.4 Å². The Bertz CT molecular complexity index is 799. The quantitative estimate of drug-likeness (QED) is 0.710. The molecular weight excluding hydrogens is 374 g/mol. The molecule has 1 saturated heterocycles. The van der Waals surface area contributed by atoms with Crippen LogP contribution in [-0.4, -0.2) is 55.5 Å². The highest BCUT2D eigenvalue weighted by Crippen LogP contribution is 2.28. The molecule has 1 fully saturated rings. The lowest BCUT2D eigenvalue weighted by molar-refractivity contribution is -0.151. The van der Waals surface area contributed by atoms with Crippen LogP contribution in [0.5, 0.6) is 0 Å². The summed E-state index contributed by atoms with van der Waals surface area (Å²) in [6.45, 7) is 6.84. The first kappa shape index (κ1) is 21.4. The lowest BCUT2D eigenvalue weighted by Crippen LogP contribution is -2.56. The number of esters is 1. The zero-order valence-electron chi connectivity index (χ0n) is 16.4. The molecule has 27 heavy (non-hydrogen) atoms. The maximum Gasteiger partial charge on any atom is 0.331 e. The van der Waals surface area contributed by atoms with Gasteiger partial charge in [0, 0.05) is 13.1 Å². The van der Waals surface area contributed by atoms with Gasteiger partial charge in [-0.25, -0.2) is 13.2 Å². The number of carbonyl (C=O) groups is 2. The monoisotopic (exact) mass is 401 g/mol. The Morgan fingerprint density at radius 3 is 2.59 bits per heavy atom. The Kier molecular flexibility index (Phi) is 6.31. The fourth-order valence-electron chi connectivity index (χ4n) is 3.23. The number of ether oxygens (including phenoxy) is 1. The lowest BCUT2D eigenvalue weighted by Gasteiger charge is -2.34. The number of carbonyl (C=O) groups excluding carboxylic acids is 2. The molecule has 2 unspecified atom stereocenters. The maximum absolute atomic E-state index is 13.0. The molecule has 1 N–H and O–H groups in total. The van der Waals surface area contributed by atoms with E-state index >= 15 is 0 Å². The Balaban J connectivity index is 2.18. The first-order valence-corrected chi connectivity index (χ1v) is 10.3. The second-order valence-electron chi connectivity index (χ2n) is 7.02. The van der Waals surface area contributed by atoms with Gasteiger partial charge < -0.3 is 14.6 Å². The number of nitrogens with one attached hydrogen (secondary N) is 1. The second-order valence-corrected chi connectivity index (χ2v) is 8.90. The summed E-state index contributed by atoms with van der Waals surface area (Å²) in [5.41, 5.74) is -0.849. The Morgan fingerprint density at radius 1 is 1.41 bits per heavy atom. The SMILES string of the molecule is CCC(C)(NC(=O)C1CCCN(S(=O)(=O)c2c(C)noc2C)C1)C(=O)OC. The first-order valence-electron chi connectivity index (χ1n) is 8.90. The predicted molar refractivity (Wildman–Crippen MR) is 96.3 cm³/mol. The van der Waals surface area contributed by atoms with Crippen LogP contribution in [0.3, 0.4) is 0 Å². The molecule has 152 valence electrons. The van der Waals surface area contributed by atoms with Gasteiger partial charge in [0.25, 0.3) is 0 Å². The van der Waals surface area contributed by atoms with E-state index in [1.54, 1.807) is 27.7 Å². The molecule has 9 nitrogen and oxygen atoms in total. The number of aromatic nitrogens is 1. The molecule has 0 bridgehead atoms. The molecule has 2 heterocycles. The first-order chi connectivity index (χ1) is 12.6. The summed E-state index contributed by atoms with van der Waals surface area (Å²) in [6.07, 6.45) is 1.45. The number of nitrogens with zero attached hydrogens (tertiary/aromatic N) is 2. The van der Waals surface area contributed by atoms with Gasteiger partial charge in [0.2, 0.25) is 15.9 Å². The largest absolute Gasteiger partial charge is 0.467 e. The summed E-state index contributed by atoms with van der Waals surface area (Å²) in [5.74, 6) is -1.22. The molecule has 1 amide bonds. The molecule has 0 spiro atoms. The van der Waals surface area contributed by atoms with E-state index in [0.29, 0.717) is 31.5 Å². The van der Waals surface area contributed by atoms with Gasteiger partial charge in [-0.3, -0.25) is 4.79 Å². The van der Waals surface area contributed by atoms with Crippen LogP contribution in [0.25, 0.3) is 0 Å². The maximum atomic E-state index is 13.0. The summed E-state index contributed by atoms with van der Waals surface area (Å²) in [6, 6.07) is 0. The van der Waals surface area contributed by atoms with Gasteiger partial charge >= 0.3 is 5.97 Å². The van der Waals surface area contributed by atoms with Crippen molar-refractivity contribution in [2.24, 2.45) is 5.92 Å². The molecule has 0 saturated carbocycles. The third-order valence-electron chi connectivity index (χ3n) is 5.06. The van der Waals surface area contributed by atoms with Crippen molar-refractivity contribution >= 4 is 21.9 Å². The zero-order valence-corrected chi connectivity index (χ0v) is 17.2. The number of amides is 1. The van der Waals surface area contributed by atoms with E-state index in [0.717, 1.165) is 0 Å². The summed E-state index contributed by atoms with van der Waals surface area (Å²) >= 11 is 0. The van der Waals surface area contributed by atoms with Crippen molar-refractivity contribution in [1.29, 1.82) is 0 Å².